The standard InChI is InChI=1S/C14H9N3O4S/c18-14-17(16-12(21-14)10-3-1-5-19-10)7-9-8-22-13(15-9)11-4-2-6-20-11/h1-6,8H,7H2. The fourth-order valence-corrected chi connectivity index (χ4v) is 2.73. The highest BCUT2D eigenvalue weighted by molar-refractivity contribution is 7.13. The summed E-state index contributed by atoms with van der Waals surface area (Å²) in [6.45, 7) is 0.222. The van der Waals surface area contributed by atoms with E-state index >= 15 is 0 Å². The molecule has 8 heteroatoms. The van der Waals surface area contributed by atoms with E-state index in [4.69, 9.17) is 13.3 Å². The SMILES string of the molecule is O=c1oc(-c2ccco2)nn1Cc1csc(-c2ccco2)n1. The fourth-order valence-electron chi connectivity index (χ4n) is 1.95. The minimum Gasteiger partial charge on any atom is -0.462 e. The Morgan fingerprint density at radius 1 is 1.14 bits per heavy atom. The molecule has 7 nitrogen and oxygen atoms in total. The van der Waals surface area contributed by atoms with Crippen LogP contribution >= 0.6 is 11.3 Å². The molecule has 4 heterocycles. The molecule has 0 aliphatic heterocycles. The molecule has 110 valence electrons. The van der Waals surface area contributed by atoms with Crippen LogP contribution in [0, 0.1) is 0 Å². The summed E-state index contributed by atoms with van der Waals surface area (Å²) in [6, 6.07) is 7.01. The number of nitrogens with zero attached hydrogens (tertiary/aromatic N) is 3. The second-order valence-electron chi connectivity index (χ2n) is 4.43. The summed E-state index contributed by atoms with van der Waals surface area (Å²) in [5, 5.41) is 6.71. The minimum atomic E-state index is -0.557. The van der Waals surface area contributed by atoms with Crippen molar-refractivity contribution in [2.45, 2.75) is 6.54 Å². The van der Waals surface area contributed by atoms with Crippen molar-refractivity contribution >= 4 is 11.3 Å². The van der Waals surface area contributed by atoms with Gasteiger partial charge in [-0.2, -0.15) is 4.68 Å². The molecule has 0 unspecified atom stereocenters. The largest absolute Gasteiger partial charge is 0.462 e. The van der Waals surface area contributed by atoms with Gasteiger partial charge in [0.15, 0.2) is 16.5 Å². The Hall–Kier alpha value is -2.87. The van der Waals surface area contributed by atoms with Crippen LogP contribution in [0.1, 0.15) is 5.69 Å². The van der Waals surface area contributed by atoms with Crippen molar-refractivity contribution in [3.63, 3.8) is 0 Å². The van der Waals surface area contributed by atoms with Crippen LogP contribution in [0.5, 0.6) is 0 Å². The van der Waals surface area contributed by atoms with Crippen molar-refractivity contribution in [3.8, 4) is 22.4 Å². The molecule has 22 heavy (non-hydrogen) atoms. The quantitative estimate of drug-likeness (QED) is 0.575. The number of thiazole rings is 1. The van der Waals surface area contributed by atoms with Crippen LogP contribution in [0.25, 0.3) is 22.4 Å². The van der Waals surface area contributed by atoms with Crippen LogP contribution in [-0.2, 0) is 6.54 Å². The molecule has 0 atom stereocenters. The van der Waals surface area contributed by atoms with Gasteiger partial charge >= 0.3 is 5.76 Å². The Labute approximate surface area is 127 Å². The molecular formula is C14H9N3O4S. The van der Waals surface area contributed by atoms with E-state index in [0.717, 1.165) is 5.01 Å². The van der Waals surface area contributed by atoms with Gasteiger partial charge in [0, 0.05) is 5.38 Å². The van der Waals surface area contributed by atoms with Crippen LogP contribution in [0.3, 0.4) is 0 Å². The van der Waals surface area contributed by atoms with Gasteiger partial charge in [0.05, 0.1) is 24.8 Å². The Balaban J connectivity index is 1.60. The van der Waals surface area contributed by atoms with Gasteiger partial charge < -0.3 is 13.3 Å². The van der Waals surface area contributed by atoms with Crippen molar-refractivity contribution in [3.05, 3.63) is 58.4 Å². The zero-order valence-electron chi connectivity index (χ0n) is 11.1. The Morgan fingerprint density at radius 3 is 2.64 bits per heavy atom. The van der Waals surface area contributed by atoms with Crippen molar-refractivity contribution < 1.29 is 13.3 Å². The molecule has 0 spiro atoms. The van der Waals surface area contributed by atoms with Gasteiger partial charge in [0.1, 0.15) is 0 Å². The molecule has 0 saturated heterocycles. The Kier molecular flexibility index (Phi) is 3.01. The van der Waals surface area contributed by atoms with Crippen molar-refractivity contribution in [1.82, 2.24) is 14.8 Å². The summed E-state index contributed by atoms with van der Waals surface area (Å²) in [4.78, 5) is 16.2. The molecule has 4 aromatic rings. The van der Waals surface area contributed by atoms with Crippen molar-refractivity contribution in [2.24, 2.45) is 0 Å². The van der Waals surface area contributed by atoms with Crippen LogP contribution in [0.15, 0.2) is 60.2 Å². The predicted octanol–water partition coefficient (Wildman–Crippen LogP) is 2.86. The lowest BCUT2D eigenvalue weighted by atomic mass is 10.4. The first-order valence-electron chi connectivity index (χ1n) is 6.40. The van der Waals surface area contributed by atoms with Crippen LogP contribution in [0.4, 0.5) is 0 Å². The van der Waals surface area contributed by atoms with Crippen LogP contribution in [-0.4, -0.2) is 14.8 Å². The van der Waals surface area contributed by atoms with Gasteiger partial charge in [-0.05, 0) is 24.3 Å². The van der Waals surface area contributed by atoms with E-state index in [2.05, 4.69) is 10.1 Å². The predicted molar refractivity (Wildman–Crippen MR) is 77.4 cm³/mol. The first-order chi connectivity index (χ1) is 10.8. The van der Waals surface area contributed by atoms with Crippen LogP contribution < -0.4 is 5.76 Å². The van der Waals surface area contributed by atoms with Gasteiger partial charge in [0.25, 0.3) is 5.89 Å². The molecule has 0 N–H and O–H groups in total. The molecule has 4 aromatic heterocycles. The van der Waals surface area contributed by atoms with E-state index < -0.39 is 5.76 Å². The topological polar surface area (TPSA) is 87.2 Å². The summed E-state index contributed by atoms with van der Waals surface area (Å²) in [6.07, 6.45) is 3.08. The normalized spacial score (nSPS) is 11.1. The van der Waals surface area contributed by atoms with Crippen molar-refractivity contribution in [2.75, 3.05) is 0 Å². The molecule has 0 saturated carbocycles. The highest BCUT2D eigenvalue weighted by Crippen LogP contribution is 2.24. The van der Waals surface area contributed by atoms with Gasteiger partial charge in [-0.3, -0.25) is 0 Å². The molecule has 0 fully saturated rings. The number of hydrogen-bond acceptors (Lipinski definition) is 7. The highest BCUT2D eigenvalue weighted by Gasteiger charge is 2.14. The molecule has 0 aliphatic rings. The number of aromatic nitrogens is 3. The molecule has 0 aliphatic carbocycles. The maximum absolute atomic E-state index is 11.8. The maximum atomic E-state index is 11.8. The lowest BCUT2D eigenvalue weighted by molar-refractivity contribution is 0.476. The van der Waals surface area contributed by atoms with Crippen LogP contribution in [0.2, 0.25) is 0 Å². The minimum absolute atomic E-state index is 0.150. The third-order valence-corrected chi connectivity index (χ3v) is 3.84. The van der Waals surface area contributed by atoms with Gasteiger partial charge in [-0.25, -0.2) is 9.78 Å². The summed E-state index contributed by atoms with van der Waals surface area (Å²) in [7, 11) is 0. The first-order valence-corrected chi connectivity index (χ1v) is 7.28. The lowest BCUT2D eigenvalue weighted by Crippen LogP contribution is -2.16. The Bertz CT molecular complexity index is 931. The molecule has 4 rings (SSSR count). The third kappa shape index (κ3) is 2.29. The summed E-state index contributed by atoms with van der Waals surface area (Å²) < 4.78 is 16.7. The third-order valence-electron chi connectivity index (χ3n) is 2.93. The van der Waals surface area contributed by atoms with E-state index in [0.29, 0.717) is 17.2 Å². The van der Waals surface area contributed by atoms with Gasteiger partial charge in [0.2, 0.25) is 0 Å². The van der Waals surface area contributed by atoms with Crippen molar-refractivity contribution in [1.29, 1.82) is 0 Å². The fraction of sp³-hybridized carbons (Fsp3) is 0.0714. The molecular weight excluding hydrogens is 306 g/mol. The summed E-state index contributed by atoms with van der Waals surface area (Å²) in [5.74, 6) is 0.695. The second kappa shape index (κ2) is 5.15. The zero-order chi connectivity index (χ0) is 14.9. The smallest absolute Gasteiger partial charge is 0.437 e. The molecule has 0 amide bonds. The zero-order valence-corrected chi connectivity index (χ0v) is 11.9. The number of furan rings is 2. The first kappa shape index (κ1) is 12.8. The van der Waals surface area contributed by atoms with E-state index in [1.807, 2.05) is 11.4 Å². The molecule has 0 aromatic carbocycles. The van der Waals surface area contributed by atoms with Gasteiger partial charge in [-0.1, -0.05) is 0 Å². The molecule has 0 bridgehead atoms. The lowest BCUT2D eigenvalue weighted by Gasteiger charge is -1.93. The average Bonchev–Trinajstić information content (AvgIpc) is 3.28. The number of hydrogen-bond donors (Lipinski definition) is 0. The van der Waals surface area contributed by atoms with E-state index in [1.54, 1.807) is 24.5 Å². The second-order valence-corrected chi connectivity index (χ2v) is 5.29. The monoisotopic (exact) mass is 315 g/mol. The Morgan fingerprint density at radius 2 is 1.91 bits per heavy atom. The highest BCUT2D eigenvalue weighted by atomic mass is 32.1. The van der Waals surface area contributed by atoms with E-state index in [-0.39, 0.29) is 12.4 Å². The summed E-state index contributed by atoms with van der Waals surface area (Å²) >= 11 is 1.44. The number of rotatable bonds is 4. The van der Waals surface area contributed by atoms with E-state index in [1.165, 1.54) is 22.3 Å². The molecule has 0 radical (unpaired) electrons. The average molecular weight is 315 g/mol. The summed E-state index contributed by atoms with van der Waals surface area (Å²) in [5.41, 5.74) is 0.706. The van der Waals surface area contributed by atoms with E-state index in [9.17, 15) is 4.79 Å². The maximum Gasteiger partial charge on any atom is 0.437 e. The van der Waals surface area contributed by atoms with Gasteiger partial charge in [-0.15, -0.1) is 16.4 Å².